The quantitative estimate of drug-likeness (QED) is 0.356. The lowest BCUT2D eigenvalue weighted by molar-refractivity contribution is -0.115. The third-order valence-corrected chi connectivity index (χ3v) is 5.67. The molecule has 0 bridgehead atoms. The number of hydrogen-bond donors (Lipinski definition) is 2. The van der Waals surface area contributed by atoms with Crippen molar-refractivity contribution < 1.29 is 13.6 Å². The maximum atomic E-state index is 12.6. The number of nitrogens with one attached hydrogen (secondary N) is 2. The maximum absolute atomic E-state index is 12.6. The van der Waals surface area contributed by atoms with E-state index in [1.54, 1.807) is 18.6 Å². The van der Waals surface area contributed by atoms with Gasteiger partial charge in [-0.05, 0) is 59.3 Å². The Morgan fingerprint density at radius 1 is 1.11 bits per heavy atom. The van der Waals surface area contributed by atoms with Crippen molar-refractivity contribution in [3.63, 3.8) is 0 Å². The summed E-state index contributed by atoms with van der Waals surface area (Å²) < 4.78 is 11.8. The number of carbonyl (C=O) groups is 1. The summed E-state index contributed by atoms with van der Waals surface area (Å²) in [5, 5.41) is 3.16. The predicted octanol–water partition coefficient (Wildman–Crippen LogP) is 5.81. The molecule has 142 valence electrons. The number of amides is 1. The van der Waals surface area contributed by atoms with Gasteiger partial charge in [-0.3, -0.25) is 4.79 Å². The normalized spacial score (nSPS) is 12.1. The summed E-state index contributed by atoms with van der Waals surface area (Å²) in [5.74, 6) is 1.16. The van der Waals surface area contributed by atoms with Gasteiger partial charge >= 0.3 is 0 Å². The van der Waals surface area contributed by atoms with Gasteiger partial charge in [0.25, 0.3) is 0 Å². The first-order valence-electron chi connectivity index (χ1n) is 8.51. The summed E-state index contributed by atoms with van der Waals surface area (Å²) in [5.41, 5.74) is 2.08. The van der Waals surface area contributed by atoms with Gasteiger partial charge in [0.15, 0.2) is 16.7 Å². The molecular formula is C20H16BrN3O3S. The zero-order chi connectivity index (χ0) is 19.5. The molecule has 0 saturated carbocycles. The van der Waals surface area contributed by atoms with Gasteiger partial charge in [-0.25, -0.2) is 4.98 Å². The Hall–Kier alpha value is -2.71. The molecule has 2 N–H and O–H groups in total. The Morgan fingerprint density at radius 3 is 2.50 bits per heavy atom. The third kappa shape index (κ3) is 3.93. The van der Waals surface area contributed by atoms with Gasteiger partial charge in [-0.2, -0.15) is 0 Å². The molecule has 6 nitrogen and oxygen atoms in total. The van der Waals surface area contributed by atoms with Gasteiger partial charge < -0.3 is 19.1 Å². The van der Waals surface area contributed by atoms with E-state index in [2.05, 4.69) is 31.2 Å². The van der Waals surface area contributed by atoms with Crippen LogP contribution >= 0.6 is 27.7 Å². The number of rotatable bonds is 6. The number of para-hydroxylation sites is 1. The molecule has 0 aliphatic carbocycles. The molecule has 4 rings (SSSR count). The second-order valence-electron chi connectivity index (χ2n) is 5.95. The highest BCUT2D eigenvalue weighted by Crippen LogP contribution is 2.34. The molecule has 8 heteroatoms. The van der Waals surface area contributed by atoms with Crippen LogP contribution < -0.4 is 5.32 Å². The van der Waals surface area contributed by atoms with Gasteiger partial charge in [-0.1, -0.05) is 23.9 Å². The molecule has 0 aliphatic heterocycles. The Balaban J connectivity index is 1.55. The molecule has 4 aromatic rings. The number of nitrogens with zero attached hydrogens (tertiary/aromatic N) is 1. The van der Waals surface area contributed by atoms with E-state index in [1.165, 1.54) is 11.8 Å². The number of hydrogen-bond acceptors (Lipinski definition) is 5. The fourth-order valence-electron chi connectivity index (χ4n) is 2.62. The van der Waals surface area contributed by atoms with Crippen LogP contribution in [0.1, 0.15) is 6.92 Å². The standard InChI is InChI=1S/C20H16BrN3O3S/c1-12(19(25)22-14-7-3-2-6-13(14)21)28-20-23-17(15-8-4-10-26-15)18(24-20)16-9-5-11-27-16/h2-12H,1H3,(H,22,25)(H,23,24). The summed E-state index contributed by atoms with van der Waals surface area (Å²) in [6.07, 6.45) is 3.19. The monoisotopic (exact) mass is 457 g/mol. The summed E-state index contributed by atoms with van der Waals surface area (Å²) in [6, 6.07) is 14.8. The summed E-state index contributed by atoms with van der Waals surface area (Å²) in [4.78, 5) is 20.4. The van der Waals surface area contributed by atoms with Crippen molar-refractivity contribution in [1.82, 2.24) is 9.97 Å². The minimum atomic E-state index is -0.368. The van der Waals surface area contributed by atoms with E-state index in [4.69, 9.17) is 8.83 Å². The van der Waals surface area contributed by atoms with Crippen molar-refractivity contribution in [1.29, 1.82) is 0 Å². The molecule has 0 saturated heterocycles. The number of furan rings is 2. The molecule has 3 aromatic heterocycles. The van der Waals surface area contributed by atoms with E-state index < -0.39 is 0 Å². The van der Waals surface area contributed by atoms with Gasteiger partial charge in [-0.15, -0.1) is 0 Å². The van der Waals surface area contributed by atoms with Crippen LogP contribution in [-0.4, -0.2) is 21.1 Å². The van der Waals surface area contributed by atoms with Crippen molar-refractivity contribution in [3.8, 4) is 22.9 Å². The number of benzene rings is 1. The van der Waals surface area contributed by atoms with E-state index in [9.17, 15) is 4.79 Å². The fourth-order valence-corrected chi connectivity index (χ4v) is 3.81. The first-order chi connectivity index (χ1) is 13.6. The molecular weight excluding hydrogens is 442 g/mol. The molecule has 0 radical (unpaired) electrons. The first kappa shape index (κ1) is 18.6. The molecule has 1 amide bonds. The minimum absolute atomic E-state index is 0.118. The average Bonchev–Trinajstić information content (AvgIpc) is 3.44. The second kappa shape index (κ2) is 8.12. The third-order valence-electron chi connectivity index (χ3n) is 3.99. The average molecular weight is 458 g/mol. The van der Waals surface area contributed by atoms with Gasteiger partial charge in [0.2, 0.25) is 5.91 Å². The smallest absolute Gasteiger partial charge is 0.237 e. The lowest BCUT2D eigenvalue weighted by Gasteiger charge is -2.11. The second-order valence-corrected chi connectivity index (χ2v) is 8.13. The van der Waals surface area contributed by atoms with E-state index in [1.807, 2.05) is 49.4 Å². The van der Waals surface area contributed by atoms with Crippen LogP contribution in [0, 0.1) is 0 Å². The van der Waals surface area contributed by atoms with E-state index in [0.29, 0.717) is 28.1 Å². The molecule has 3 heterocycles. The van der Waals surface area contributed by atoms with Gasteiger partial charge in [0, 0.05) is 4.47 Å². The van der Waals surface area contributed by atoms with E-state index in [-0.39, 0.29) is 11.2 Å². The molecule has 1 aromatic carbocycles. The lowest BCUT2D eigenvalue weighted by atomic mass is 10.2. The van der Waals surface area contributed by atoms with Crippen molar-refractivity contribution in [2.45, 2.75) is 17.3 Å². The van der Waals surface area contributed by atoms with Crippen LogP contribution in [0.5, 0.6) is 0 Å². The largest absolute Gasteiger partial charge is 0.463 e. The van der Waals surface area contributed by atoms with Crippen molar-refractivity contribution >= 4 is 39.3 Å². The van der Waals surface area contributed by atoms with E-state index >= 15 is 0 Å². The molecule has 0 spiro atoms. The van der Waals surface area contributed by atoms with Crippen LogP contribution in [0.3, 0.4) is 0 Å². The number of imidazole rings is 1. The number of carbonyl (C=O) groups excluding carboxylic acids is 1. The number of aromatic amines is 1. The lowest BCUT2D eigenvalue weighted by Crippen LogP contribution is -2.22. The van der Waals surface area contributed by atoms with Crippen molar-refractivity contribution in [2.75, 3.05) is 5.32 Å². The fraction of sp³-hybridized carbons (Fsp3) is 0.100. The number of aromatic nitrogens is 2. The van der Waals surface area contributed by atoms with Crippen molar-refractivity contribution in [3.05, 3.63) is 65.5 Å². The molecule has 0 fully saturated rings. The number of halogens is 1. The number of H-pyrrole nitrogens is 1. The Kier molecular flexibility index (Phi) is 5.40. The Morgan fingerprint density at radius 2 is 1.82 bits per heavy atom. The van der Waals surface area contributed by atoms with Crippen LogP contribution in [0.15, 0.2) is 79.5 Å². The number of anilines is 1. The van der Waals surface area contributed by atoms with Crippen molar-refractivity contribution in [2.24, 2.45) is 0 Å². The van der Waals surface area contributed by atoms with Crippen LogP contribution in [0.2, 0.25) is 0 Å². The summed E-state index contributed by atoms with van der Waals surface area (Å²) in [6.45, 7) is 1.83. The maximum Gasteiger partial charge on any atom is 0.237 e. The highest BCUT2D eigenvalue weighted by Gasteiger charge is 2.22. The Bertz CT molecular complexity index is 1020. The molecule has 1 unspecified atom stereocenters. The van der Waals surface area contributed by atoms with Gasteiger partial charge in [0.1, 0.15) is 11.4 Å². The first-order valence-corrected chi connectivity index (χ1v) is 10.2. The summed E-state index contributed by atoms with van der Waals surface area (Å²) >= 11 is 4.77. The van der Waals surface area contributed by atoms with Crippen LogP contribution in [-0.2, 0) is 4.79 Å². The highest BCUT2D eigenvalue weighted by atomic mass is 79.9. The number of thioether (sulfide) groups is 1. The highest BCUT2D eigenvalue weighted by molar-refractivity contribution is 9.10. The minimum Gasteiger partial charge on any atom is -0.463 e. The Labute approximate surface area is 173 Å². The molecule has 28 heavy (non-hydrogen) atoms. The van der Waals surface area contributed by atoms with E-state index in [0.717, 1.165) is 10.2 Å². The topological polar surface area (TPSA) is 84.1 Å². The molecule has 0 aliphatic rings. The van der Waals surface area contributed by atoms with Gasteiger partial charge in [0.05, 0.1) is 23.5 Å². The van der Waals surface area contributed by atoms with Crippen LogP contribution in [0.25, 0.3) is 22.9 Å². The zero-order valence-electron chi connectivity index (χ0n) is 14.8. The van der Waals surface area contributed by atoms with Crippen LogP contribution in [0.4, 0.5) is 5.69 Å². The molecule has 1 atom stereocenters. The SMILES string of the molecule is CC(Sc1nc(-c2ccco2)c(-c2ccco2)[nH]1)C(=O)Nc1ccccc1Br. The summed E-state index contributed by atoms with van der Waals surface area (Å²) in [7, 11) is 0. The zero-order valence-corrected chi connectivity index (χ0v) is 17.2. The predicted molar refractivity (Wildman–Crippen MR) is 112 cm³/mol.